The van der Waals surface area contributed by atoms with E-state index in [4.69, 9.17) is 12.3 Å². The van der Waals surface area contributed by atoms with Crippen LogP contribution in [0.2, 0.25) is 0 Å². The van der Waals surface area contributed by atoms with Gasteiger partial charge in [0.15, 0.2) is 0 Å². The molecule has 142 valence electrons. The molecule has 0 spiro atoms. The lowest BCUT2D eigenvalue weighted by molar-refractivity contribution is 0.774. The van der Waals surface area contributed by atoms with Gasteiger partial charge in [0.05, 0.1) is 12.6 Å². The Kier molecular flexibility index (Phi) is 4.67. The second-order valence-electron chi connectivity index (χ2n) is 6.57. The fraction of sp³-hybridized carbons (Fsp3) is 0.0909. The molecule has 2 aromatic heterocycles. The number of benzene rings is 2. The number of pyridine rings is 1. The van der Waals surface area contributed by atoms with Gasteiger partial charge in [-0.15, -0.1) is 0 Å². The van der Waals surface area contributed by atoms with Gasteiger partial charge in [0.2, 0.25) is 11.6 Å². The number of nitrogens with one attached hydrogen (secondary N) is 1. The molecular weight excluding hydrogens is 364 g/mol. The number of aromatic nitrogens is 3. The monoisotopic (exact) mass is 382 g/mol. The first kappa shape index (κ1) is 18.2. The summed E-state index contributed by atoms with van der Waals surface area (Å²) in [4.78, 5) is 24.8. The molecule has 0 aliphatic rings. The Bertz CT molecular complexity index is 1290. The molecule has 0 unspecified atom stereocenters. The average Bonchev–Trinajstić information content (AvgIpc) is 2.74. The van der Waals surface area contributed by atoms with Crippen molar-refractivity contribution < 1.29 is 0 Å². The molecule has 0 aliphatic carbocycles. The molecular formula is C22H18N6O. The fourth-order valence-corrected chi connectivity index (χ4v) is 3.30. The Hall–Kier alpha value is -4.18. The van der Waals surface area contributed by atoms with Crippen molar-refractivity contribution in [3.05, 3.63) is 94.3 Å². The van der Waals surface area contributed by atoms with E-state index in [0.717, 1.165) is 16.8 Å². The normalized spacial score (nSPS) is 11.7. The lowest BCUT2D eigenvalue weighted by Gasteiger charge is -2.22. The van der Waals surface area contributed by atoms with Crippen LogP contribution in [0.5, 0.6) is 0 Å². The van der Waals surface area contributed by atoms with E-state index in [-0.39, 0.29) is 23.2 Å². The molecule has 0 saturated heterocycles. The van der Waals surface area contributed by atoms with E-state index in [1.165, 1.54) is 6.20 Å². The summed E-state index contributed by atoms with van der Waals surface area (Å²) in [5.74, 6) is 0.409. The SMILES string of the molecule is [C-]#[N+]c1cnc(N)nc1N[C@@H](C)c1cc2ccccc2c(=O)n1-c1ccccc1. The zero-order valence-electron chi connectivity index (χ0n) is 15.7. The van der Waals surface area contributed by atoms with Gasteiger partial charge >= 0.3 is 0 Å². The van der Waals surface area contributed by atoms with Crippen LogP contribution in [0, 0.1) is 6.57 Å². The second kappa shape index (κ2) is 7.44. The van der Waals surface area contributed by atoms with Crippen LogP contribution in [0.3, 0.4) is 0 Å². The summed E-state index contributed by atoms with van der Waals surface area (Å²) in [5, 5.41) is 4.70. The zero-order chi connectivity index (χ0) is 20.4. The van der Waals surface area contributed by atoms with Gasteiger partial charge in [-0.1, -0.05) is 36.4 Å². The number of rotatable bonds is 4. The number of nitrogens with two attached hydrogens (primary N) is 1. The smallest absolute Gasteiger partial charge is 0.263 e. The molecule has 2 aromatic carbocycles. The Balaban J connectivity index is 1.90. The van der Waals surface area contributed by atoms with Gasteiger partial charge in [0.25, 0.3) is 5.56 Å². The van der Waals surface area contributed by atoms with Crippen LogP contribution in [0.25, 0.3) is 21.3 Å². The maximum atomic E-state index is 13.3. The molecule has 7 heteroatoms. The highest BCUT2D eigenvalue weighted by Gasteiger charge is 2.18. The maximum Gasteiger partial charge on any atom is 0.263 e. The van der Waals surface area contributed by atoms with Crippen molar-refractivity contribution >= 4 is 28.2 Å². The lowest BCUT2D eigenvalue weighted by atomic mass is 10.1. The number of nitrogens with zero attached hydrogens (tertiary/aromatic N) is 4. The van der Waals surface area contributed by atoms with Crippen molar-refractivity contribution in [2.24, 2.45) is 0 Å². The number of hydrogen-bond donors (Lipinski definition) is 2. The van der Waals surface area contributed by atoms with Crippen molar-refractivity contribution in [2.45, 2.75) is 13.0 Å². The Morgan fingerprint density at radius 2 is 1.86 bits per heavy atom. The van der Waals surface area contributed by atoms with Gasteiger partial charge in [-0.25, -0.2) is 14.8 Å². The molecule has 0 radical (unpaired) electrons. The van der Waals surface area contributed by atoms with Crippen molar-refractivity contribution in [1.29, 1.82) is 0 Å². The largest absolute Gasteiger partial charge is 0.371 e. The summed E-state index contributed by atoms with van der Waals surface area (Å²) in [6.07, 6.45) is 1.38. The van der Waals surface area contributed by atoms with Crippen LogP contribution in [-0.4, -0.2) is 14.5 Å². The molecule has 0 aliphatic heterocycles. The van der Waals surface area contributed by atoms with Crippen molar-refractivity contribution in [2.75, 3.05) is 11.1 Å². The van der Waals surface area contributed by atoms with Gasteiger partial charge in [0, 0.05) is 23.0 Å². The predicted molar refractivity (Wildman–Crippen MR) is 114 cm³/mol. The lowest BCUT2D eigenvalue weighted by Crippen LogP contribution is -2.25. The quantitative estimate of drug-likeness (QED) is 0.519. The topological polar surface area (TPSA) is 90.2 Å². The molecule has 0 bridgehead atoms. The average molecular weight is 382 g/mol. The molecule has 0 amide bonds. The molecule has 7 nitrogen and oxygen atoms in total. The fourth-order valence-electron chi connectivity index (χ4n) is 3.30. The highest BCUT2D eigenvalue weighted by molar-refractivity contribution is 5.82. The predicted octanol–water partition coefficient (Wildman–Crippen LogP) is 4.09. The third-order valence-electron chi connectivity index (χ3n) is 4.68. The van der Waals surface area contributed by atoms with E-state index < -0.39 is 0 Å². The number of anilines is 2. The van der Waals surface area contributed by atoms with Crippen LogP contribution < -0.4 is 16.6 Å². The summed E-state index contributed by atoms with van der Waals surface area (Å²) >= 11 is 0. The van der Waals surface area contributed by atoms with E-state index in [2.05, 4.69) is 20.1 Å². The molecule has 4 aromatic rings. The molecule has 4 rings (SSSR count). The Morgan fingerprint density at radius 1 is 1.14 bits per heavy atom. The van der Waals surface area contributed by atoms with E-state index in [1.54, 1.807) is 4.57 Å². The maximum absolute atomic E-state index is 13.3. The number of hydrogen-bond acceptors (Lipinski definition) is 5. The van der Waals surface area contributed by atoms with Crippen LogP contribution in [0.1, 0.15) is 18.7 Å². The Labute approximate surface area is 167 Å². The van der Waals surface area contributed by atoms with Gasteiger partial charge in [-0.3, -0.25) is 9.36 Å². The van der Waals surface area contributed by atoms with Crippen molar-refractivity contribution in [3.63, 3.8) is 0 Å². The minimum Gasteiger partial charge on any atom is -0.371 e. The van der Waals surface area contributed by atoms with E-state index in [9.17, 15) is 4.79 Å². The third-order valence-corrected chi connectivity index (χ3v) is 4.68. The van der Waals surface area contributed by atoms with E-state index >= 15 is 0 Å². The summed E-state index contributed by atoms with van der Waals surface area (Å²) in [7, 11) is 0. The molecule has 0 saturated carbocycles. The standard InChI is InChI=1S/C22H18N6O/c1-14(26-20-18(24-2)13-25-22(23)27-20)19-12-15-8-6-7-11-17(15)21(29)28(19)16-9-4-3-5-10-16/h3-14H,1H3,(H3,23,25,26,27)/t14-/m0/s1. The summed E-state index contributed by atoms with van der Waals surface area (Å²) < 4.78 is 1.68. The molecule has 1 atom stereocenters. The van der Waals surface area contributed by atoms with Crippen LogP contribution >= 0.6 is 0 Å². The molecule has 29 heavy (non-hydrogen) atoms. The van der Waals surface area contributed by atoms with Gasteiger partial charge in [-0.2, -0.15) is 0 Å². The van der Waals surface area contributed by atoms with Gasteiger partial charge in [0.1, 0.15) is 5.82 Å². The first-order valence-corrected chi connectivity index (χ1v) is 9.05. The van der Waals surface area contributed by atoms with Gasteiger partial charge < -0.3 is 11.1 Å². The first-order valence-electron chi connectivity index (χ1n) is 9.05. The zero-order valence-corrected chi connectivity index (χ0v) is 15.7. The van der Waals surface area contributed by atoms with Crippen LogP contribution in [-0.2, 0) is 0 Å². The van der Waals surface area contributed by atoms with Crippen LogP contribution in [0.15, 0.2) is 71.7 Å². The summed E-state index contributed by atoms with van der Waals surface area (Å²) in [6.45, 7) is 9.24. The number of fused-ring (bicyclic) bond motifs is 1. The molecule has 2 heterocycles. The minimum absolute atomic E-state index is 0.0751. The number of para-hydroxylation sites is 1. The molecule has 0 fully saturated rings. The number of nitrogen functional groups attached to an aromatic ring is 1. The van der Waals surface area contributed by atoms with Crippen LogP contribution in [0.4, 0.5) is 17.5 Å². The minimum atomic E-state index is -0.331. The van der Waals surface area contributed by atoms with Crippen molar-refractivity contribution in [1.82, 2.24) is 14.5 Å². The first-order chi connectivity index (χ1) is 14.1. The second-order valence-corrected chi connectivity index (χ2v) is 6.57. The van der Waals surface area contributed by atoms with E-state index in [1.807, 2.05) is 67.6 Å². The van der Waals surface area contributed by atoms with E-state index in [0.29, 0.717) is 11.2 Å². The summed E-state index contributed by atoms with van der Waals surface area (Å²) in [5.41, 5.74) is 7.36. The molecule has 3 N–H and O–H groups in total. The summed E-state index contributed by atoms with van der Waals surface area (Å²) in [6, 6.07) is 18.6. The van der Waals surface area contributed by atoms with Gasteiger partial charge in [-0.05, 0) is 36.6 Å². The third kappa shape index (κ3) is 3.39. The Morgan fingerprint density at radius 3 is 2.62 bits per heavy atom. The highest BCUT2D eigenvalue weighted by Crippen LogP contribution is 2.28. The highest BCUT2D eigenvalue weighted by atomic mass is 16.1. The van der Waals surface area contributed by atoms with Crippen molar-refractivity contribution in [3.8, 4) is 5.69 Å².